The van der Waals surface area contributed by atoms with E-state index in [1.54, 1.807) is 21.7 Å². The largest absolute Gasteiger partial charge is 0.333 e. The number of anilines is 1. The van der Waals surface area contributed by atoms with Crippen LogP contribution in [0.1, 0.15) is 71.9 Å². The molecule has 7 nitrogen and oxygen atoms in total. The highest BCUT2D eigenvalue weighted by Gasteiger charge is 2.51. The molecule has 4 saturated carbocycles. The van der Waals surface area contributed by atoms with Gasteiger partial charge < -0.3 is 15.5 Å². The third kappa shape index (κ3) is 5.13. The zero-order valence-electron chi connectivity index (χ0n) is 21.8. The highest BCUT2D eigenvalue weighted by atomic mass is 35.5. The molecule has 0 radical (unpaired) electrons. The predicted octanol–water partition coefficient (Wildman–Crippen LogP) is 5.76. The molecule has 36 heavy (non-hydrogen) atoms. The molecule has 0 spiro atoms. The summed E-state index contributed by atoms with van der Waals surface area (Å²) in [4.78, 5) is 28.1. The number of amides is 3. The quantitative estimate of drug-likeness (QED) is 0.517. The van der Waals surface area contributed by atoms with Crippen molar-refractivity contribution in [2.24, 2.45) is 17.8 Å². The Bertz CT molecular complexity index is 1100. The standard InChI is InChI=1S/C28H38ClN5O2/c1-5-33(26(36)31-28-14-18-10-19(15-28)12-20(11-18)16-28)17-25(35)30-24-13-23(27(2,3)4)32-34(24)22-8-6-21(29)7-9-22/h6-9,13,18-20H,5,10-12,14-17H2,1-4H3,(H,30,35)(H,31,36). The second-order valence-corrected chi connectivity index (χ2v) is 12.7. The van der Waals surface area contributed by atoms with Gasteiger partial charge in [0.05, 0.1) is 11.4 Å². The normalized spacial score (nSPS) is 26.6. The van der Waals surface area contributed by atoms with Crippen LogP contribution in [-0.2, 0) is 10.2 Å². The Balaban J connectivity index is 1.28. The molecular formula is C28H38ClN5O2. The fourth-order valence-electron chi connectivity index (χ4n) is 6.87. The molecular weight excluding hydrogens is 474 g/mol. The predicted molar refractivity (Wildman–Crippen MR) is 143 cm³/mol. The van der Waals surface area contributed by atoms with Gasteiger partial charge in [0.15, 0.2) is 0 Å². The zero-order valence-corrected chi connectivity index (χ0v) is 22.6. The zero-order chi connectivity index (χ0) is 25.7. The summed E-state index contributed by atoms with van der Waals surface area (Å²) in [7, 11) is 0. The third-order valence-corrected chi connectivity index (χ3v) is 8.48. The Morgan fingerprint density at radius 3 is 2.19 bits per heavy atom. The molecule has 0 unspecified atom stereocenters. The average molecular weight is 512 g/mol. The van der Waals surface area contributed by atoms with Crippen molar-refractivity contribution in [2.45, 2.75) is 77.2 Å². The fraction of sp³-hybridized carbons (Fsp3) is 0.607. The fourth-order valence-corrected chi connectivity index (χ4v) is 6.99. The van der Waals surface area contributed by atoms with Crippen LogP contribution >= 0.6 is 11.6 Å². The van der Waals surface area contributed by atoms with Crippen LogP contribution < -0.4 is 10.6 Å². The first kappa shape index (κ1) is 25.1. The van der Waals surface area contributed by atoms with Gasteiger partial charge in [-0.05, 0) is 87.5 Å². The van der Waals surface area contributed by atoms with E-state index in [1.807, 2.05) is 25.1 Å². The van der Waals surface area contributed by atoms with Crippen molar-refractivity contribution in [3.8, 4) is 5.69 Å². The number of nitrogens with zero attached hydrogens (tertiary/aromatic N) is 3. The molecule has 0 atom stereocenters. The molecule has 4 fully saturated rings. The van der Waals surface area contributed by atoms with Crippen molar-refractivity contribution in [1.82, 2.24) is 20.0 Å². The first-order valence-electron chi connectivity index (χ1n) is 13.3. The lowest BCUT2D eigenvalue weighted by Crippen LogP contribution is -2.62. The highest BCUT2D eigenvalue weighted by molar-refractivity contribution is 6.30. The summed E-state index contributed by atoms with van der Waals surface area (Å²) in [5, 5.41) is 11.8. The van der Waals surface area contributed by atoms with Crippen LogP contribution in [0.3, 0.4) is 0 Å². The average Bonchev–Trinajstić information content (AvgIpc) is 3.21. The minimum atomic E-state index is -0.243. The van der Waals surface area contributed by atoms with Crippen molar-refractivity contribution in [1.29, 1.82) is 0 Å². The summed E-state index contributed by atoms with van der Waals surface area (Å²) in [6.07, 6.45) is 7.24. The first-order chi connectivity index (χ1) is 17.0. The van der Waals surface area contributed by atoms with Crippen molar-refractivity contribution in [3.05, 3.63) is 41.0 Å². The van der Waals surface area contributed by atoms with Crippen LogP contribution in [0.4, 0.5) is 10.6 Å². The van der Waals surface area contributed by atoms with Crippen LogP contribution in [0, 0.1) is 17.8 Å². The molecule has 2 aromatic rings. The van der Waals surface area contributed by atoms with E-state index in [-0.39, 0.29) is 29.4 Å². The number of urea groups is 1. The summed E-state index contributed by atoms with van der Waals surface area (Å²) in [5.41, 5.74) is 1.39. The van der Waals surface area contributed by atoms with Crippen LogP contribution in [-0.4, -0.2) is 45.2 Å². The molecule has 2 N–H and O–H groups in total. The summed E-state index contributed by atoms with van der Waals surface area (Å²) in [6, 6.07) is 9.11. The van der Waals surface area contributed by atoms with Gasteiger partial charge in [-0.3, -0.25) is 4.79 Å². The van der Waals surface area contributed by atoms with E-state index in [4.69, 9.17) is 16.7 Å². The number of halogens is 1. The van der Waals surface area contributed by atoms with Crippen molar-refractivity contribution >= 4 is 29.4 Å². The maximum atomic E-state index is 13.3. The number of nitrogens with one attached hydrogen (secondary N) is 2. The molecule has 4 bridgehead atoms. The van der Waals surface area contributed by atoms with E-state index in [1.165, 1.54) is 19.3 Å². The molecule has 0 saturated heterocycles. The van der Waals surface area contributed by atoms with E-state index < -0.39 is 0 Å². The molecule has 3 amide bonds. The first-order valence-corrected chi connectivity index (χ1v) is 13.6. The monoisotopic (exact) mass is 511 g/mol. The van der Waals surface area contributed by atoms with Crippen LogP contribution in [0.15, 0.2) is 30.3 Å². The molecule has 1 aromatic heterocycles. The van der Waals surface area contributed by atoms with Crippen molar-refractivity contribution in [2.75, 3.05) is 18.4 Å². The van der Waals surface area contributed by atoms with Crippen LogP contribution in [0.25, 0.3) is 5.69 Å². The number of benzene rings is 1. The maximum Gasteiger partial charge on any atom is 0.318 e. The Morgan fingerprint density at radius 1 is 1.08 bits per heavy atom. The molecule has 0 aliphatic heterocycles. The summed E-state index contributed by atoms with van der Waals surface area (Å²) in [6.45, 7) is 8.63. The second kappa shape index (κ2) is 9.40. The molecule has 8 heteroatoms. The van der Waals surface area contributed by atoms with E-state index in [0.29, 0.717) is 17.4 Å². The number of hydrogen-bond acceptors (Lipinski definition) is 3. The van der Waals surface area contributed by atoms with E-state index >= 15 is 0 Å². The van der Waals surface area contributed by atoms with Gasteiger partial charge in [0.2, 0.25) is 5.91 Å². The van der Waals surface area contributed by atoms with Gasteiger partial charge in [-0.2, -0.15) is 5.10 Å². The van der Waals surface area contributed by atoms with Crippen molar-refractivity contribution < 1.29 is 9.59 Å². The lowest BCUT2D eigenvalue weighted by molar-refractivity contribution is -0.116. The van der Waals surface area contributed by atoms with Crippen LogP contribution in [0.2, 0.25) is 5.02 Å². The SMILES string of the molecule is CCN(CC(=O)Nc1cc(C(C)(C)C)nn1-c1ccc(Cl)cc1)C(=O)NC12CC3CC(CC(C3)C1)C2. The maximum absolute atomic E-state index is 13.3. The number of carbonyl (C=O) groups is 2. The number of likely N-dealkylation sites (N-methyl/N-ethyl adjacent to an activating group) is 1. The van der Waals surface area contributed by atoms with Gasteiger partial charge in [-0.15, -0.1) is 0 Å². The minimum absolute atomic E-state index is 0.00858. The summed E-state index contributed by atoms with van der Waals surface area (Å²) < 4.78 is 1.72. The Labute approximate surface area is 218 Å². The Hall–Kier alpha value is -2.54. The molecule has 1 heterocycles. The van der Waals surface area contributed by atoms with Gasteiger partial charge in [-0.1, -0.05) is 32.4 Å². The van der Waals surface area contributed by atoms with Gasteiger partial charge in [0.25, 0.3) is 0 Å². The molecule has 194 valence electrons. The molecule has 6 rings (SSSR count). The smallest absolute Gasteiger partial charge is 0.318 e. The third-order valence-electron chi connectivity index (χ3n) is 8.23. The highest BCUT2D eigenvalue weighted by Crippen LogP contribution is 2.55. The Morgan fingerprint density at radius 2 is 1.67 bits per heavy atom. The number of aromatic nitrogens is 2. The molecule has 4 aliphatic rings. The van der Waals surface area contributed by atoms with Gasteiger partial charge in [0, 0.05) is 28.6 Å². The van der Waals surface area contributed by atoms with Crippen molar-refractivity contribution in [3.63, 3.8) is 0 Å². The minimum Gasteiger partial charge on any atom is -0.333 e. The molecule has 4 aliphatic carbocycles. The van der Waals surface area contributed by atoms with E-state index in [2.05, 4.69) is 31.4 Å². The van der Waals surface area contributed by atoms with Crippen LogP contribution in [0.5, 0.6) is 0 Å². The second-order valence-electron chi connectivity index (χ2n) is 12.2. The lowest BCUT2D eigenvalue weighted by Gasteiger charge is -2.57. The molecule has 1 aromatic carbocycles. The summed E-state index contributed by atoms with van der Waals surface area (Å²) >= 11 is 6.07. The van der Waals surface area contributed by atoms with Gasteiger partial charge in [-0.25, -0.2) is 9.48 Å². The van der Waals surface area contributed by atoms with E-state index in [9.17, 15) is 9.59 Å². The van der Waals surface area contributed by atoms with Gasteiger partial charge >= 0.3 is 6.03 Å². The number of rotatable bonds is 6. The number of hydrogen-bond donors (Lipinski definition) is 2. The number of carbonyl (C=O) groups excluding carboxylic acids is 2. The lowest BCUT2D eigenvalue weighted by atomic mass is 9.53. The summed E-state index contributed by atoms with van der Waals surface area (Å²) in [5.74, 6) is 2.58. The topological polar surface area (TPSA) is 79.3 Å². The van der Waals surface area contributed by atoms with Gasteiger partial charge in [0.1, 0.15) is 12.4 Å². The Kier molecular flexibility index (Phi) is 6.56. The van der Waals surface area contributed by atoms with E-state index in [0.717, 1.165) is 48.4 Å².